The van der Waals surface area contributed by atoms with Crippen LogP contribution in [0.5, 0.6) is 0 Å². The first-order valence-electron chi connectivity index (χ1n) is 7.42. The third-order valence-electron chi connectivity index (χ3n) is 4.32. The molecular formula is C16H22N2O. The van der Waals surface area contributed by atoms with E-state index < -0.39 is 0 Å². The van der Waals surface area contributed by atoms with Gasteiger partial charge >= 0.3 is 0 Å². The largest absolute Gasteiger partial charge is 0.309 e. The maximum absolute atomic E-state index is 12.3. The number of carbonyl (C=O) groups is 1. The number of anilines is 1. The topological polar surface area (TPSA) is 23.6 Å². The predicted octanol–water partition coefficient (Wildman–Crippen LogP) is 2.45. The quantitative estimate of drug-likeness (QED) is 0.831. The van der Waals surface area contributed by atoms with Gasteiger partial charge in [0.1, 0.15) is 0 Å². The number of hydrogen-bond donors (Lipinski definition) is 0. The average Bonchev–Trinajstić information content (AvgIpc) is 2.76. The van der Waals surface area contributed by atoms with Crippen LogP contribution in [0.2, 0.25) is 0 Å². The summed E-state index contributed by atoms with van der Waals surface area (Å²) >= 11 is 0. The highest BCUT2D eigenvalue weighted by molar-refractivity contribution is 6.01. The van der Waals surface area contributed by atoms with Crippen molar-refractivity contribution in [3.05, 3.63) is 29.8 Å². The second-order valence-corrected chi connectivity index (χ2v) is 5.64. The minimum atomic E-state index is 0.287. The fourth-order valence-electron chi connectivity index (χ4n) is 3.40. The van der Waals surface area contributed by atoms with Crippen LogP contribution in [0.25, 0.3) is 0 Å². The van der Waals surface area contributed by atoms with Gasteiger partial charge in [0.05, 0.1) is 6.42 Å². The van der Waals surface area contributed by atoms with Crippen LogP contribution in [0.1, 0.15) is 31.7 Å². The van der Waals surface area contributed by atoms with Crippen molar-refractivity contribution in [1.29, 1.82) is 0 Å². The third kappa shape index (κ3) is 2.39. The van der Waals surface area contributed by atoms with Gasteiger partial charge in [-0.1, -0.05) is 25.1 Å². The van der Waals surface area contributed by atoms with Gasteiger partial charge < -0.3 is 9.80 Å². The number of nitrogens with zero attached hydrogens (tertiary/aromatic N) is 2. The van der Waals surface area contributed by atoms with E-state index in [9.17, 15) is 4.79 Å². The monoisotopic (exact) mass is 258 g/mol. The molecule has 0 unspecified atom stereocenters. The number of amides is 1. The summed E-state index contributed by atoms with van der Waals surface area (Å²) in [7, 11) is 0. The molecule has 0 aliphatic carbocycles. The number of fused-ring (bicyclic) bond motifs is 1. The van der Waals surface area contributed by atoms with Crippen molar-refractivity contribution >= 4 is 11.6 Å². The van der Waals surface area contributed by atoms with Crippen molar-refractivity contribution in [2.45, 2.75) is 38.6 Å². The number of para-hydroxylation sites is 1. The second kappa shape index (κ2) is 5.33. The minimum absolute atomic E-state index is 0.287. The number of piperidine rings is 1. The molecule has 2 aliphatic rings. The lowest BCUT2D eigenvalue weighted by Gasteiger charge is -2.36. The van der Waals surface area contributed by atoms with E-state index in [1.54, 1.807) is 0 Å². The van der Waals surface area contributed by atoms with Crippen molar-refractivity contribution < 1.29 is 4.79 Å². The molecule has 3 heteroatoms. The Labute approximate surface area is 115 Å². The summed E-state index contributed by atoms with van der Waals surface area (Å²) in [6, 6.07) is 8.65. The van der Waals surface area contributed by atoms with E-state index in [0.717, 1.165) is 31.6 Å². The van der Waals surface area contributed by atoms with E-state index in [-0.39, 0.29) is 5.91 Å². The molecule has 19 heavy (non-hydrogen) atoms. The van der Waals surface area contributed by atoms with Gasteiger partial charge in [-0.2, -0.15) is 0 Å². The van der Waals surface area contributed by atoms with E-state index >= 15 is 0 Å². The van der Waals surface area contributed by atoms with Gasteiger partial charge in [0.25, 0.3) is 0 Å². The second-order valence-electron chi connectivity index (χ2n) is 5.64. The normalized spacial score (nSPS) is 20.9. The number of carbonyl (C=O) groups excluding carboxylic acids is 1. The summed E-state index contributed by atoms with van der Waals surface area (Å²) in [5.74, 6) is 0.287. The van der Waals surface area contributed by atoms with Crippen LogP contribution in [-0.4, -0.2) is 36.5 Å². The fourth-order valence-corrected chi connectivity index (χ4v) is 3.40. The summed E-state index contributed by atoms with van der Waals surface area (Å²) in [5, 5.41) is 0. The predicted molar refractivity (Wildman–Crippen MR) is 77.4 cm³/mol. The fraction of sp³-hybridized carbons (Fsp3) is 0.562. The molecule has 1 aromatic carbocycles. The molecule has 1 aromatic rings. The highest BCUT2D eigenvalue weighted by Crippen LogP contribution is 2.33. The molecule has 0 aromatic heterocycles. The van der Waals surface area contributed by atoms with Crippen LogP contribution in [0.15, 0.2) is 24.3 Å². The summed E-state index contributed by atoms with van der Waals surface area (Å²) in [5.41, 5.74) is 2.35. The number of likely N-dealkylation sites (tertiary alicyclic amines) is 1. The Hall–Kier alpha value is -1.35. The Morgan fingerprint density at radius 1 is 1.21 bits per heavy atom. The van der Waals surface area contributed by atoms with Gasteiger partial charge in [0.15, 0.2) is 0 Å². The first-order valence-corrected chi connectivity index (χ1v) is 7.42. The lowest BCUT2D eigenvalue weighted by atomic mass is 10.0. The van der Waals surface area contributed by atoms with Crippen LogP contribution in [-0.2, 0) is 11.2 Å². The summed E-state index contributed by atoms with van der Waals surface area (Å²) in [4.78, 5) is 16.8. The third-order valence-corrected chi connectivity index (χ3v) is 4.32. The molecule has 0 bridgehead atoms. The molecular weight excluding hydrogens is 236 g/mol. The molecule has 102 valence electrons. The maximum atomic E-state index is 12.3. The highest BCUT2D eigenvalue weighted by atomic mass is 16.2. The molecule has 3 nitrogen and oxygen atoms in total. The highest BCUT2D eigenvalue weighted by Gasteiger charge is 2.34. The molecule has 2 aliphatic heterocycles. The zero-order valence-corrected chi connectivity index (χ0v) is 11.6. The molecule has 0 spiro atoms. The number of rotatable bonds is 3. The van der Waals surface area contributed by atoms with Crippen LogP contribution in [0.4, 0.5) is 5.69 Å². The molecule has 1 saturated heterocycles. The minimum Gasteiger partial charge on any atom is -0.309 e. The number of benzene rings is 1. The average molecular weight is 258 g/mol. The van der Waals surface area contributed by atoms with E-state index in [2.05, 4.69) is 28.9 Å². The van der Waals surface area contributed by atoms with Crippen molar-refractivity contribution in [2.24, 2.45) is 0 Å². The molecule has 0 saturated carbocycles. The Bertz CT molecular complexity index is 464. The molecule has 3 rings (SSSR count). The van der Waals surface area contributed by atoms with Crippen molar-refractivity contribution in [2.75, 3.05) is 24.5 Å². The van der Waals surface area contributed by atoms with Gasteiger partial charge in [0, 0.05) is 24.8 Å². The zero-order chi connectivity index (χ0) is 13.2. The van der Waals surface area contributed by atoms with Crippen LogP contribution in [0, 0.1) is 0 Å². The van der Waals surface area contributed by atoms with E-state index in [1.165, 1.54) is 18.5 Å². The zero-order valence-electron chi connectivity index (χ0n) is 11.6. The van der Waals surface area contributed by atoms with E-state index in [0.29, 0.717) is 12.5 Å². The van der Waals surface area contributed by atoms with Gasteiger partial charge in [-0.25, -0.2) is 0 Å². The first kappa shape index (κ1) is 12.7. The van der Waals surface area contributed by atoms with E-state index in [1.807, 2.05) is 12.1 Å². The van der Waals surface area contributed by atoms with Gasteiger partial charge in [0.2, 0.25) is 5.91 Å². The van der Waals surface area contributed by atoms with Gasteiger partial charge in [-0.05, 0) is 37.4 Å². The Kier molecular flexibility index (Phi) is 3.56. The van der Waals surface area contributed by atoms with Gasteiger partial charge in [-0.3, -0.25) is 4.79 Å². The Balaban J connectivity index is 1.72. The molecule has 2 heterocycles. The summed E-state index contributed by atoms with van der Waals surface area (Å²) in [6.07, 6.45) is 4.03. The lowest BCUT2D eigenvalue weighted by Crippen LogP contribution is -2.46. The molecule has 1 fully saturated rings. The Morgan fingerprint density at radius 2 is 1.95 bits per heavy atom. The first-order chi connectivity index (χ1) is 9.29. The summed E-state index contributed by atoms with van der Waals surface area (Å²) in [6.45, 7) is 5.68. The molecule has 0 N–H and O–H groups in total. The van der Waals surface area contributed by atoms with Gasteiger partial charge in [-0.15, -0.1) is 0 Å². The standard InChI is InChI=1S/C16H22N2O/c1-2-9-17-10-7-14(8-11-17)18-15-6-4-3-5-13(15)12-16(18)19/h3-6,14H,2,7-12H2,1H3. The smallest absolute Gasteiger partial charge is 0.231 e. The maximum Gasteiger partial charge on any atom is 0.231 e. The SMILES string of the molecule is CCCN1CCC(N2C(=O)Cc3ccccc32)CC1. The van der Waals surface area contributed by atoms with Crippen molar-refractivity contribution in [3.8, 4) is 0 Å². The lowest BCUT2D eigenvalue weighted by molar-refractivity contribution is -0.118. The van der Waals surface area contributed by atoms with Crippen LogP contribution in [0.3, 0.4) is 0 Å². The molecule has 0 radical (unpaired) electrons. The Morgan fingerprint density at radius 3 is 2.68 bits per heavy atom. The van der Waals surface area contributed by atoms with Crippen molar-refractivity contribution in [3.63, 3.8) is 0 Å². The van der Waals surface area contributed by atoms with E-state index in [4.69, 9.17) is 0 Å². The molecule has 1 amide bonds. The molecule has 0 atom stereocenters. The summed E-state index contributed by atoms with van der Waals surface area (Å²) < 4.78 is 0. The number of hydrogen-bond acceptors (Lipinski definition) is 2. The van der Waals surface area contributed by atoms with Crippen molar-refractivity contribution in [1.82, 2.24) is 4.90 Å². The van der Waals surface area contributed by atoms with Crippen LogP contribution >= 0.6 is 0 Å². The van der Waals surface area contributed by atoms with Crippen LogP contribution < -0.4 is 4.90 Å².